The van der Waals surface area contributed by atoms with Crippen LogP contribution in [0.4, 0.5) is 0 Å². The lowest BCUT2D eigenvalue weighted by molar-refractivity contribution is -0.150. The molecule has 1 saturated carbocycles. The van der Waals surface area contributed by atoms with Gasteiger partial charge in [-0.05, 0) is 142 Å². The standard InChI is InChI=1S/C66H108N18O19/c1-6-33(2)50-64(102)83-30-14-21-46(83)63(101)84-43-18-8-7-15-37(43)31-47(84)60(98)76-40(22-24-48(68)88)55(93)73-38(16-9-10-26-67)56(94)80-52(36(5)87)65(103)82-29-13-20-45(82)62(100)81-28-12-19-44(81)59(97)75-39(17-11-27-71-66(69)70)54(92)74-41(23-25-49(89)90)57(95)79-51(35(4)86)61(99)72-34(3)53(91)77-42(32-85)58(96)78-50/h33-47,50-52,85-87H,6-32,67H2,1-5H3,(H2,68,88)(H,72,99)(H,73,93)(H,74,92)(H,75,97)(H,76,98)(H,77,91)(H,78,96)(H,79,95)(H,80,94)(H,89,90)(H4,69,70,71)/t33-,34-,35+,36+,37?,38-,39-,40-,41-,42-,43?,44-,45+,46-,47-,50-,51-,52-/m0/s1. The van der Waals surface area contributed by atoms with Crippen LogP contribution >= 0.6 is 0 Å². The molecule has 37 nitrogen and oxygen atoms in total. The minimum absolute atomic E-state index is 0.00589. The fraction of sp³-hybridized carbons (Fsp3) is 0.758. The number of nitrogens with two attached hydrogens (primary N) is 3. The second-order valence-corrected chi connectivity index (χ2v) is 27.9. The number of carbonyl (C=O) groups excluding carboxylic acids is 14. The second-order valence-electron chi connectivity index (χ2n) is 27.9. The number of aliphatic hydroxyl groups is 3. The van der Waals surface area contributed by atoms with Crippen molar-refractivity contribution < 1.29 is 92.3 Å². The molecule has 0 spiro atoms. The number of carboxylic acids is 1. The average molecular weight is 1460 g/mol. The summed E-state index contributed by atoms with van der Waals surface area (Å²) in [5.74, 6) is -15.5. The Morgan fingerprint density at radius 1 is 0.515 bits per heavy atom. The van der Waals surface area contributed by atoms with Gasteiger partial charge in [-0.2, -0.15) is 0 Å². The molecule has 1 aliphatic carbocycles. The number of fused-ring (bicyclic) bond motifs is 6. The maximum Gasteiger partial charge on any atom is 0.303 e. The van der Waals surface area contributed by atoms with E-state index >= 15 is 4.79 Å². The van der Waals surface area contributed by atoms with Crippen LogP contribution in [0.25, 0.3) is 0 Å². The van der Waals surface area contributed by atoms with Crippen LogP contribution in [0.1, 0.15) is 169 Å². The fourth-order valence-corrected chi connectivity index (χ4v) is 14.4. The summed E-state index contributed by atoms with van der Waals surface area (Å²) in [7, 11) is 0. The first-order valence-corrected chi connectivity index (χ1v) is 36.1. The van der Waals surface area contributed by atoms with Crippen LogP contribution in [0.15, 0.2) is 0 Å². The molecule has 2 unspecified atom stereocenters. The highest BCUT2D eigenvalue weighted by molar-refractivity contribution is 6.01. The molecule has 6 aliphatic rings. The van der Waals surface area contributed by atoms with E-state index in [0.717, 1.165) is 20.3 Å². The number of unbranched alkanes of at least 4 members (excludes halogenated alkanes) is 1. The van der Waals surface area contributed by atoms with Crippen LogP contribution in [0.2, 0.25) is 0 Å². The van der Waals surface area contributed by atoms with Crippen molar-refractivity contribution in [3.8, 4) is 0 Å². The van der Waals surface area contributed by atoms with Gasteiger partial charge in [0.15, 0.2) is 5.96 Å². The van der Waals surface area contributed by atoms with Crippen molar-refractivity contribution in [3.05, 3.63) is 0 Å². The predicted molar refractivity (Wildman–Crippen MR) is 366 cm³/mol. The number of carboxylic acid groups (broad SMARTS) is 1. The molecule has 21 N–H and O–H groups in total. The van der Waals surface area contributed by atoms with E-state index < -0.39 is 223 Å². The minimum atomic E-state index is -1.92. The van der Waals surface area contributed by atoms with Crippen LogP contribution < -0.4 is 70.4 Å². The molecule has 18 atom stereocenters. The van der Waals surface area contributed by atoms with Crippen molar-refractivity contribution >= 4 is 94.6 Å². The Kier molecular flexibility index (Phi) is 31.6. The highest BCUT2D eigenvalue weighted by Crippen LogP contribution is 2.41. The summed E-state index contributed by atoms with van der Waals surface area (Å²) in [6.07, 6.45) is -1.04. The number of nitrogens with zero attached hydrogens (tertiary/aromatic N) is 4. The van der Waals surface area contributed by atoms with Crippen LogP contribution in [-0.4, -0.2) is 271 Å². The number of hydrogen-bond donors (Lipinski definition) is 18. The third-order valence-electron chi connectivity index (χ3n) is 20.4. The highest BCUT2D eigenvalue weighted by atomic mass is 16.4. The van der Waals surface area contributed by atoms with E-state index in [1.54, 1.807) is 13.8 Å². The number of amides is 14. The van der Waals surface area contributed by atoms with Gasteiger partial charge in [0.2, 0.25) is 82.7 Å². The molecule has 14 amide bonds. The number of aliphatic hydroxyl groups excluding tert-OH is 3. The maximum atomic E-state index is 15.3. The van der Waals surface area contributed by atoms with E-state index in [2.05, 4.69) is 53.2 Å². The Labute approximate surface area is 597 Å². The number of primary amides is 1. The van der Waals surface area contributed by atoms with E-state index in [1.165, 1.54) is 26.5 Å². The smallest absolute Gasteiger partial charge is 0.303 e. The van der Waals surface area contributed by atoms with E-state index in [1.807, 2.05) is 0 Å². The van der Waals surface area contributed by atoms with Gasteiger partial charge in [0.25, 0.3) is 0 Å². The predicted octanol–water partition coefficient (Wildman–Crippen LogP) is -6.16. The molecule has 5 aliphatic heterocycles. The van der Waals surface area contributed by atoms with Gasteiger partial charge >= 0.3 is 5.97 Å². The van der Waals surface area contributed by atoms with Gasteiger partial charge in [-0.1, -0.05) is 33.1 Å². The van der Waals surface area contributed by atoms with Gasteiger partial charge in [-0.15, -0.1) is 0 Å². The molecule has 5 heterocycles. The Balaban J connectivity index is 1.39. The van der Waals surface area contributed by atoms with Crippen LogP contribution in [0, 0.1) is 17.2 Å². The molecule has 0 bridgehead atoms. The quantitative estimate of drug-likeness (QED) is 0.0325. The Hall–Kier alpha value is -8.84. The lowest BCUT2D eigenvalue weighted by atomic mass is 9.84. The summed E-state index contributed by atoms with van der Waals surface area (Å²) in [6.45, 7) is 6.00. The van der Waals surface area contributed by atoms with Gasteiger partial charge in [-0.3, -0.25) is 77.3 Å². The number of rotatable bonds is 19. The third kappa shape index (κ3) is 22.3. The second kappa shape index (κ2) is 39.2. The average Bonchev–Trinajstić information content (AvgIpc) is 1.63. The molecule has 0 aromatic carbocycles. The SMILES string of the molecule is CC[C@H](C)[C@@H]1NC(=O)[C@H](CO)NC(=O)[C@H](C)NC(=O)[C@H]([C@@H](C)O)NC(=O)[C@H](CCC(=O)O)NC(=O)[C@H](CCCNC(=N)N)NC(=O)[C@@H]2CCCN2C(=O)[C@H]2CCCN2C(=O)[C@H]([C@@H](C)O)NC(=O)[C@H](CCCCN)NC(=O)[C@H](CCC(N)=O)NC(=O)[C@@H]2CC3CCCCC3N2C(=O)[C@@H]2CCCN2C1=O. The summed E-state index contributed by atoms with van der Waals surface area (Å²) >= 11 is 0. The van der Waals surface area contributed by atoms with Crippen molar-refractivity contribution in [2.45, 2.75) is 266 Å². The summed E-state index contributed by atoms with van der Waals surface area (Å²) in [4.78, 5) is 219. The number of hydrogen-bond acceptors (Lipinski definition) is 20. The summed E-state index contributed by atoms with van der Waals surface area (Å²) in [6, 6.07) is -20.1. The molecule has 0 aromatic rings. The Bertz CT molecular complexity index is 3110. The van der Waals surface area contributed by atoms with E-state index in [-0.39, 0.29) is 109 Å². The first kappa shape index (κ1) is 83.1. The lowest BCUT2D eigenvalue weighted by Crippen LogP contribution is -2.62. The highest BCUT2D eigenvalue weighted by Gasteiger charge is 2.53. The molecule has 103 heavy (non-hydrogen) atoms. The summed E-state index contributed by atoms with van der Waals surface area (Å²) < 4.78 is 0. The van der Waals surface area contributed by atoms with E-state index in [9.17, 15) is 87.5 Å². The molecule has 6 fully saturated rings. The van der Waals surface area contributed by atoms with Gasteiger partial charge < -0.3 is 110 Å². The van der Waals surface area contributed by atoms with Gasteiger partial charge in [-0.25, -0.2) is 0 Å². The van der Waals surface area contributed by atoms with E-state index in [4.69, 9.17) is 22.6 Å². The first-order chi connectivity index (χ1) is 48.8. The van der Waals surface area contributed by atoms with Gasteiger partial charge in [0.05, 0.1) is 18.8 Å². The number of aliphatic carboxylic acids is 1. The molecule has 0 radical (unpaired) electrons. The van der Waals surface area contributed by atoms with Crippen LogP contribution in [0.3, 0.4) is 0 Å². The normalized spacial score (nSPS) is 30.7. The zero-order valence-corrected chi connectivity index (χ0v) is 59.4. The van der Waals surface area contributed by atoms with E-state index in [0.29, 0.717) is 38.5 Å². The molecule has 576 valence electrons. The van der Waals surface area contributed by atoms with Crippen LogP contribution in [0.5, 0.6) is 0 Å². The third-order valence-corrected chi connectivity index (χ3v) is 20.4. The molecule has 37 heteroatoms. The molecular formula is C66H108N18O19. The number of guanidine groups is 1. The van der Waals surface area contributed by atoms with Crippen molar-refractivity contribution in [2.75, 3.05) is 39.3 Å². The molecule has 0 aromatic heterocycles. The zero-order valence-electron chi connectivity index (χ0n) is 59.4. The van der Waals surface area contributed by atoms with Gasteiger partial charge in [0.1, 0.15) is 78.5 Å². The fourth-order valence-electron chi connectivity index (χ4n) is 14.4. The summed E-state index contributed by atoms with van der Waals surface area (Å²) in [5.41, 5.74) is 16.9. The van der Waals surface area contributed by atoms with Crippen molar-refractivity contribution in [1.29, 1.82) is 5.41 Å². The van der Waals surface area contributed by atoms with Gasteiger partial charge in [0, 0.05) is 45.1 Å². The lowest BCUT2D eigenvalue weighted by Gasteiger charge is -2.38. The Morgan fingerprint density at radius 3 is 1.50 bits per heavy atom. The minimum Gasteiger partial charge on any atom is -0.481 e. The largest absolute Gasteiger partial charge is 0.481 e. The molecular weight excluding hydrogens is 1350 g/mol. The number of carbonyl (C=O) groups is 15. The zero-order chi connectivity index (χ0) is 76.1. The Morgan fingerprint density at radius 2 is 0.971 bits per heavy atom. The molecule has 6 rings (SSSR count). The van der Waals surface area contributed by atoms with Crippen LogP contribution in [-0.2, 0) is 71.9 Å². The number of nitrogens with one attached hydrogen (secondary N) is 11. The molecule has 5 saturated heterocycles. The first-order valence-electron chi connectivity index (χ1n) is 36.1. The topological polar surface area (TPSA) is 572 Å². The monoisotopic (exact) mass is 1460 g/mol. The van der Waals surface area contributed by atoms with Crippen molar-refractivity contribution in [3.63, 3.8) is 0 Å². The van der Waals surface area contributed by atoms with Crippen molar-refractivity contribution in [1.82, 2.24) is 72.8 Å². The summed E-state index contributed by atoms with van der Waals surface area (Å²) in [5, 5.41) is 75.2. The van der Waals surface area contributed by atoms with Crippen molar-refractivity contribution in [2.24, 2.45) is 29.0 Å². The maximum absolute atomic E-state index is 15.3.